The summed E-state index contributed by atoms with van der Waals surface area (Å²) in [6.07, 6.45) is 17.1. The van der Waals surface area contributed by atoms with Gasteiger partial charge in [0.1, 0.15) is 11.6 Å². The number of guanidine groups is 1. The highest BCUT2D eigenvalue weighted by molar-refractivity contribution is 8.03. The van der Waals surface area contributed by atoms with Crippen molar-refractivity contribution < 1.29 is 9.18 Å². The van der Waals surface area contributed by atoms with Gasteiger partial charge in [-0.2, -0.15) is 0 Å². The quantitative estimate of drug-likeness (QED) is 0.160. The van der Waals surface area contributed by atoms with E-state index in [9.17, 15) is 9.18 Å². The Morgan fingerprint density at radius 1 is 1.00 bits per heavy atom. The monoisotopic (exact) mass is 658 g/mol. The summed E-state index contributed by atoms with van der Waals surface area (Å²) in [6, 6.07) is 3.95. The minimum absolute atomic E-state index is 0.273. The van der Waals surface area contributed by atoms with Gasteiger partial charge >= 0.3 is 6.03 Å². The highest BCUT2D eigenvalue weighted by Crippen LogP contribution is 2.36. The molecule has 0 bridgehead atoms. The van der Waals surface area contributed by atoms with Gasteiger partial charge in [0.25, 0.3) is 0 Å². The molecule has 1 aliphatic rings. The van der Waals surface area contributed by atoms with Crippen LogP contribution in [0, 0.1) is 6.92 Å². The Bertz CT molecular complexity index is 1570. The standard InChI is InChI=1S/C40H55FN4OS/c1-13-19-31(11)47-38-25-37(34(16-4)24-30(38)10)42-39-43-40(46)45(35(17-5)22-28(8)21-27(7)15-3)32(12)44(39)26-33(20-14-2)23-29(9)36(41)18-6/h17-25H,12-16,26H2,1-11H3,(H,42,43,46)/b27-21+,28-22-,29-23-,31-19+,33-20-,35-17+,36-18+. The van der Waals surface area contributed by atoms with Gasteiger partial charge in [0.2, 0.25) is 5.96 Å². The van der Waals surface area contributed by atoms with E-state index in [2.05, 4.69) is 90.7 Å². The summed E-state index contributed by atoms with van der Waals surface area (Å²) in [6.45, 7) is 26.9. The zero-order valence-corrected chi connectivity index (χ0v) is 31.3. The lowest BCUT2D eigenvalue weighted by molar-refractivity contribution is 0.209. The molecule has 1 N–H and O–H groups in total. The SMILES string of the molecule is C=C1N(CC(=C\CC)/C=C(C)\C(F)=C/C)C(=Nc2cc(S/C(C)=C/CC)c(C)cc2CC)NC(=O)N1C(/C=C(C)\C=C(/C)CC)=C/C. The van der Waals surface area contributed by atoms with Crippen LogP contribution in [0.1, 0.15) is 99.6 Å². The molecule has 1 fully saturated rings. The Labute approximate surface area is 288 Å². The van der Waals surface area contributed by atoms with Crippen LogP contribution in [0.4, 0.5) is 14.9 Å². The van der Waals surface area contributed by atoms with Gasteiger partial charge in [-0.15, -0.1) is 0 Å². The molecule has 1 heterocycles. The van der Waals surface area contributed by atoms with Crippen molar-refractivity contribution >= 4 is 29.4 Å². The number of hydrogen-bond acceptors (Lipinski definition) is 3. The van der Waals surface area contributed by atoms with Gasteiger partial charge in [0, 0.05) is 10.6 Å². The maximum Gasteiger partial charge on any atom is 0.334 e. The molecule has 0 atom stereocenters. The summed E-state index contributed by atoms with van der Waals surface area (Å²) in [4.78, 5) is 24.8. The smallest absolute Gasteiger partial charge is 0.293 e. The summed E-state index contributed by atoms with van der Waals surface area (Å²) in [5, 5.41) is 3.08. The molecule has 254 valence electrons. The van der Waals surface area contributed by atoms with Crippen LogP contribution in [-0.4, -0.2) is 28.3 Å². The van der Waals surface area contributed by atoms with Crippen LogP contribution in [0.15, 0.2) is 116 Å². The number of nitrogens with one attached hydrogen (secondary N) is 1. The van der Waals surface area contributed by atoms with Crippen molar-refractivity contribution in [2.75, 3.05) is 6.54 Å². The Hall–Kier alpha value is -3.84. The number of aliphatic imine (C=N–C) groups is 1. The molecule has 1 aliphatic heterocycles. The number of urea groups is 1. The largest absolute Gasteiger partial charge is 0.334 e. The molecule has 0 aliphatic carbocycles. The fourth-order valence-electron chi connectivity index (χ4n) is 5.18. The Morgan fingerprint density at radius 2 is 1.68 bits per heavy atom. The van der Waals surface area contributed by atoms with Crippen LogP contribution in [0.25, 0.3) is 0 Å². The number of carbonyl (C=O) groups excluding carboxylic acids is 1. The summed E-state index contributed by atoms with van der Waals surface area (Å²) in [7, 11) is 0. The lowest BCUT2D eigenvalue weighted by atomic mass is 10.1. The van der Waals surface area contributed by atoms with Gasteiger partial charge in [-0.3, -0.25) is 10.2 Å². The normalized spacial score (nSPS) is 17.3. The van der Waals surface area contributed by atoms with Crippen LogP contribution < -0.4 is 5.32 Å². The molecule has 2 amide bonds. The Balaban J connectivity index is 2.79. The van der Waals surface area contributed by atoms with Crippen LogP contribution in [0.5, 0.6) is 0 Å². The third kappa shape index (κ3) is 11.1. The zero-order valence-electron chi connectivity index (χ0n) is 30.5. The number of carbonyl (C=O) groups is 1. The van der Waals surface area contributed by atoms with Crippen molar-refractivity contribution in [1.29, 1.82) is 0 Å². The first kappa shape index (κ1) is 39.3. The molecule has 0 aromatic heterocycles. The van der Waals surface area contributed by atoms with E-state index < -0.39 is 0 Å². The number of rotatable bonds is 14. The third-order valence-corrected chi connectivity index (χ3v) is 8.94. The topological polar surface area (TPSA) is 47.9 Å². The number of hydrogen-bond donors (Lipinski definition) is 1. The van der Waals surface area contributed by atoms with E-state index in [4.69, 9.17) is 4.99 Å². The van der Waals surface area contributed by atoms with Crippen LogP contribution in [0.3, 0.4) is 0 Å². The minimum atomic E-state index is -0.340. The molecule has 1 aromatic carbocycles. The van der Waals surface area contributed by atoms with Crippen LogP contribution in [0.2, 0.25) is 0 Å². The molecule has 5 nitrogen and oxygen atoms in total. The lowest BCUT2D eigenvalue weighted by Gasteiger charge is -2.40. The lowest BCUT2D eigenvalue weighted by Crippen LogP contribution is -2.57. The van der Waals surface area contributed by atoms with Crippen molar-refractivity contribution in [2.24, 2.45) is 4.99 Å². The molecule has 1 aromatic rings. The number of aryl methyl sites for hydroxylation is 2. The van der Waals surface area contributed by atoms with E-state index in [0.29, 0.717) is 29.6 Å². The summed E-state index contributed by atoms with van der Waals surface area (Å²) >= 11 is 1.73. The number of benzene rings is 1. The molecular weight excluding hydrogens is 604 g/mol. The number of nitrogens with zero attached hydrogens (tertiary/aromatic N) is 3. The summed E-state index contributed by atoms with van der Waals surface area (Å²) in [5.74, 6) is 0.566. The van der Waals surface area contributed by atoms with Gasteiger partial charge in [-0.1, -0.05) is 94.1 Å². The average molecular weight is 659 g/mol. The molecule has 47 heavy (non-hydrogen) atoms. The van der Waals surface area contributed by atoms with Gasteiger partial charge in [0.15, 0.2) is 0 Å². The van der Waals surface area contributed by atoms with Crippen molar-refractivity contribution in [3.05, 3.63) is 117 Å². The van der Waals surface area contributed by atoms with Crippen LogP contribution >= 0.6 is 11.8 Å². The number of halogens is 1. The van der Waals surface area contributed by atoms with Crippen molar-refractivity contribution in [2.45, 2.75) is 107 Å². The zero-order chi connectivity index (χ0) is 35.3. The van der Waals surface area contributed by atoms with Gasteiger partial charge in [-0.25, -0.2) is 19.1 Å². The number of thioether (sulfide) groups is 1. The molecule has 7 heteroatoms. The highest BCUT2D eigenvalue weighted by atomic mass is 32.2. The number of amides is 2. The summed E-state index contributed by atoms with van der Waals surface area (Å²) in [5.41, 5.74) is 7.46. The second-order valence-electron chi connectivity index (χ2n) is 11.7. The van der Waals surface area contributed by atoms with Crippen molar-refractivity contribution in [3.63, 3.8) is 0 Å². The Morgan fingerprint density at radius 3 is 2.26 bits per heavy atom. The molecule has 0 saturated carbocycles. The molecule has 0 unspecified atom stereocenters. The molecule has 1 saturated heterocycles. The van der Waals surface area contributed by atoms with E-state index in [1.54, 1.807) is 30.5 Å². The minimum Gasteiger partial charge on any atom is -0.293 e. The highest BCUT2D eigenvalue weighted by Gasteiger charge is 2.34. The molecule has 2 rings (SSSR count). The average Bonchev–Trinajstić information content (AvgIpc) is 3.03. The van der Waals surface area contributed by atoms with Gasteiger partial charge in [-0.05, 0) is 119 Å². The predicted molar refractivity (Wildman–Crippen MR) is 202 cm³/mol. The first-order valence-corrected chi connectivity index (χ1v) is 17.5. The fraction of sp³-hybridized carbons (Fsp3) is 0.400. The third-order valence-electron chi connectivity index (χ3n) is 7.79. The number of allylic oxidation sites excluding steroid dienone is 11. The molecule has 0 spiro atoms. The van der Waals surface area contributed by atoms with Crippen LogP contribution in [-0.2, 0) is 6.42 Å². The van der Waals surface area contributed by atoms with E-state index in [1.165, 1.54) is 22.1 Å². The van der Waals surface area contributed by atoms with E-state index >= 15 is 0 Å². The summed E-state index contributed by atoms with van der Waals surface area (Å²) < 4.78 is 14.6. The van der Waals surface area contributed by atoms with Gasteiger partial charge in [0.05, 0.1) is 12.2 Å². The second kappa shape index (κ2) is 19.1. The molecular formula is C40H55FN4OS. The van der Waals surface area contributed by atoms with E-state index in [0.717, 1.165) is 53.0 Å². The maximum atomic E-state index is 14.6. The predicted octanol–water partition coefficient (Wildman–Crippen LogP) is 12.1. The first-order chi connectivity index (χ1) is 22.3. The fourth-order valence-corrected chi connectivity index (χ4v) is 6.17. The molecule has 0 radical (unpaired) electrons. The van der Waals surface area contributed by atoms with Crippen molar-refractivity contribution in [1.82, 2.24) is 15.1 Å². The van der Waals surface area contributed by atoms with Gasteiger partial charge < -0.3 is 0 Å². The van der Waals surface area contributed by atoms with E-state index in [1.807, 2.05) is 37.0 Å². The maximum absolute atomic E-state index is 14.6. The second-order valence-corrected chi connectivity index (χ2v) is 13.0. The van der Waals surface area contributed by atoms with E-state index in [-0.39, 0.29) is 11.9 Å². The van der Waals surface area contributed by atoms with Crippen molar-refractivity contribution in [3.8, 4) is 0 Å². The first-order valence-electron chi connectivity index (χ1n) is 16.7. The Kier molecular flexibility index (Phi) is 16.0.